The van der Waals surface area contributed by atoms with Crippen molar-refractivity contribution in [2.45, 2.75) is 38.7 Å². The number of ether oxygens (including phenoxy) is 1. The molecule has 112 valence electrons. The molecule has 1 unspecified atom stereocenters. The zero-order valence-corrected chi connectivity index (χ0v) is 12.9. The van der Waals surface area contributed by atoms with Gasteiger partial charge in [-0.25, -0.2) is 0 Å². The summed E-state index contributed by atoms with van der Waals surface area (Å²) >= 11 is 0. The Hall–Kier alpha value is -1.80. The van der Waals surface area contributed by atoms with Crippen molar-refractivity contribution in [2.75, 3.05) is 7.11 Å². The maximum absolute atomic E-state index is 10.4. The highest BCUT2D eigenvalue weighted by molar-refractivity contribution is 5.28. The van der Waals surface area contributed by atoms with Crippen molar-refractivity contribution in [3.8, 4) is 5.75 Å². The quantitative estimate of drug-likeness (QED) is 0.820. The number of hydrogen-bond donors (Lipinski definition) is 1. The van der Waals surface area contributed by atoms with Crippen LogP contribution < -0.4 is 4.74 Å². The Morgan fingerprint density at radius 2 is 1.76 bits per heavy atom. The van der Waals surface area contributed by atoms with Crippen LogP contribution >= 0.6 is 0 Å². The first kappa shape index (κ1) is 15.6. The summed E-state index contributed by atoms with van der Waals surface area (Å²) in [6.07, 6.45) is 3.40. The van der Waals surface area contributed by atoms with Crippen LogP contribution in [0.3, 0.4) is 0 Å². The van der Waals surface area contributed by atoms with E-state index in [0.29, 0.717) is 0 Å². The van der Waals surface area contributed by atoms with Crippen molar-refractivity contribution in [1.82, 2.24) is 0 Å². The molecule has 0 aliphatic heterocycles. The minimum atomic E-state index is -0.399. The Morgan fingerprint density at radius 3 is 2.43 bits per heavy atom. The highest BCUT2D eigenvalue weighted by Crippen LogP contribution is 2.21. The van der Waals surface area contributed by atoms with E-state index in [1.165, 1.54) is 11.1 Å². The van der Waals surface area contributed by atoms with Gasteiger partial charge in [-0.3, -0.25) is 0 Å². The minimum Gasteiger partial charge on any atom is -0.497 e. The van der Waals surface area contributed by atoms with Gasteiger partial charge in [0.25, 0.3) is 0 Å². The van der Waals surface area contributed by atoms with Gasteiger partial charge < -0.3 is 9.84 Å². The van der Waals surface area contributed by atoms with Crippen LogP contribution in [0, 0.1) is 0 Å². The maximum atomic E-state index is 10.4. The van der Waals surface area contributed by atoms with Gasteiger partial charge in [0.15, 0.2) is 0 Å². The second-order valence-corrected chi connectivity index (χ2v) is 5.40. The molecule has 0 saturated heterocycles. The Balaban J connectivity index is 1.94. The number of hydrogen-bond acceptors (Lipinski definition) is 2. The lowest BCUT2D eigenvalue weighted by atomic mass is 9.98. The van der Waals surface area contributed by atoms with Crippen LogP contribution in [0.1, 0.15) is 42.6 Å². The van der Waals surface area contributed by atoms with E-state index in [4.69, 9.17) is 4.74 Å². The Kier molecular flexibility index (Phi) is 5.82. The molecule has 0 aromatic heterocycles. The molecule has 0 spiro atoms. The summed E-state index contributed by atoms with van der Waals surface area (Å²) in [6.45, 7) is 2.17. The number of methoxy groups -OCH3 is 1. The molecule has 0 radical (unpaired) electrons. The summed E-state index contributed by atoms with van der Waals surface area (Å²) in [5.41, 5.74) is 3.55. The van der Waals surface area contributed by atoms with Crippen molar-refractivity contribution in [1.29, 1.82) is 0 Å². The Labute approximate surface area is 127 Å². The van der Waals surface area contributed by atoms with E-state index in [2.05, 4.69) is 31.2 Å². The first-order valence-electron chi connectivity index (χ1n) is 7.62. The monoisotopic (exact) mass is 284 g/mol. The van der Waals surface area contributed by atoms with Crippen LogP contribution in [0.25, 0.3) is 0 Å². The third-order valence-corrected chi connectivity index (χ3v) is 3.74. The van der Waals surface area contributed by atoms with Crippen LogP contribution in [-0.4, -0.2) is 12.2 Å². The van der Waals surface area contributed by atoms with Gasteiger partial charge in [-0.2, -0.15) is 0 Å². The van der Waals surface area contributed by atoms with Gasteiger partial charge in [0.2, 0.25) is 0 Å². The number of aryl methyl sites for hydroxylation is 2. The second kappa shape index (κ2) is 7.84. The molecule has 1 atom stereocenters. The largest absolute Gasteiger partial charge is 0.497 e. The zero-order chi connectivity index (χ0) is 15.1. The molecule has 0 heterocycles. The molecule has 1 N–H and O–H groups in total. The average molecular weight is 284 g/mol. The van der Waals surface area contributed by atoms with Gasteiger partial charge in [0.1, 0.15) is 5.75 Å². The molecule has 2 aromatic rings. The van der Waals surface area contributed by atoms with Crippen molar-refractivity contribution < 1.29 is 9.84 Å². The Bertz CT molecular complexity index is 546. The van der Waals surface area contributed by atoms with Crippen LogP contribution in [0.2, 0.25) is 0 Å². The first-order valence-corrected chi connectivity index (χ1v) is 7.62. The molecule has 2 aromatic carbocycles. The van der Waals surface area contributed by atoms with E-state index in [9.17, 15) is 5.11 Å². The Morgan fingerprint density at radius 1 is 1.00 bits per heavy atom. The topological polar surface area (TPSA) is 29.5 Å². The molecule has 0 aliphatic rings. The van der Waals surface area contributed by atoms with Crippen molar-refractivity contribution in [3.05, 3.63) is 65.2 Å². The number of aliphatic hydroxyl groups is 1. The fourth-order valence-corrected chi connectivity index (χ4v) is 2.51. The van der Waals surface area contributed by atoms with Crippen molar-refractivity contribution in [3.63, 3.8) is 0 Å². The van der Waals surface area contributed by atoms with E-state index in [1.54, 1.807) is 7.11 Å². The molecule has 0 amide bonds. The summed E-state index contributed by atoms with van der Waals surface area (Å²) in [5, 5.41) is 10.4. The fourth-order valence-electron chi connectivity index (χ4n) is 2.51. The minimum absolute atomic E-state index is 0.399. The van der Waals surface area contributed by atoms with Gasteiger partial charge in [0, 0.05) is 0 Å². The molecule has 0 bridgehead atoms. The van der Waals surface area contributed by atoms with Crippen LogP contribution in [-0.2, 0) is 12.8 Å². The summed E-state index contributed by atoms with van der Waals surface area (Å²) in [4.78, 5) is 0. The van der Waals surface area contributed by atoms with Crippen molar-refractivity contribution in [2.24, 2.45) is 0 Å². The van der Waals surface area contributed by atoms with Crippen LogP contribution in [0.5, 0.6) is 5.75 Å². The van der Waals surface area contributed by atoms with E-state index in [1.807, 2.05) is 24.3 Å². The van der Waals surface area contributed by atoms with Crippen LogP contribution in [0.4, 0.5) is 0 Å². The van der Waals surface area contributed by atoms with Gasteiger partial charge in [-0.15, -0.1) is 0 Å². The van der Waals surface area contributed by atoms with Gasteiger partial charge in [-0.05, 0) is 48.1 Å². The number of benzene rings is 2. The third-order valence-electron chi connectivity index (χ3n) is 3.74. The smallest absolute Gasteiger partial charge is 0.118 e. The van der Waals surface area contributed by atoms with E-state index >= 15 is 0 Å². The van der Waals surface area contributed by atoms with Gasteiger partial charge >= 0.3 is 0 Å². The maximum Gasteiger partial charge on any atom is 0.118 e. The summed E-state index contributed by atoms with van der Waals surface area (Å²) in [7, 11) is 1.67. The summed E-state index contributed by atoms with van der Waals surface area (Å²) in [6, 6.07) is 16.3. The third kappa shape index (κ3) is 4.61. The summed E-state index contributed by atoms with van der Waals surface area (Å²) < 4.78 is 5.15. The molecule has 0 aliphatic carbocycles. The second-order valence-electron chi connectivity index (χ2n) is 5.40. The normalized spacial score (nSPS) is 12.1. The van der Waals surface area contributed by atoms with E-state index < -0.39 is 6.10 Å². The number of aliphatic hydroxyl groups excluding tert-OH is 1. The van der Waals surface area contributed by atoms with Gasteiger partial charge in [0.05, 0.1) is 13.2 Å². The molecular formula is C19H24O2. The fraction of sp³-hybridized carbons (Fsp3) is 0.368. The predicted molar refractivity (Wildman–Crippen MR) is 86.7 cm³/mol. The molecule has 21 heavy (non-hydrogen) atoms. The molecule has 2 heteroatoms. The highest BCUT2D eigenvalue weighted by atomic mass is 16.5. The SMILES string of the molecule is CCCc1cccc(C(O)CCc2ccc(OC)cc2)c1. The predicted octanol–water partition coefficient (Wildman–Crippen LogP) is 4.31. The standard InChI is InChI=1S/C19H24O2/c1-3-5-16-6-4-7-17(14-16)19(20)13-10-15-8-11-18(21-2)12-9-15/h4,6-9,11-12,14,19-20H,3,5,10,13H2,1-2H3. The highest BCUT2D eigenvalue weighted by Gasteiger charge is 2.08. The van der Waals surface area contributed by atoms with E-state index in [-0.39, 0.29) is 0 Å². The van der Waals surface area contributed by atoms with Crippen LogP contribution in [0.15, 0.2) is 48.5 Å². The van der Waals surface area contributed by atoms with Crippen molar-refractivity contribution >= 4 is 0 Å². The molecule has 2 rings (SSSR count). The average Bonchev–Trinajstić information content (AvgIpc) is 2.53. The van der Waals surface area contributed by atoms with E-state index in [0.717, 1.165) is 37.0 Å². The molecule has 0 fully saturated rings. The number of rotatable bonds is 7. The lowest BCUT2D eigenvalue weighted by Gasteiger charge is -2.12. The summed E-state index contributed by atoms with van der Waals surface area (Å²) in [5.74, 6) is 0.867. The zero-order valence-electron chi connectivity index (χ0n) is 12.9. The lowest BCUT2D eigenvalue weighted by molar-refractivity contribution is 0.167. The lowest BCUT2D eigenvalue weighted by Crippen LogP contribution is -2.00. The van der Waals surface area contributed by atoms with Gasteiger partial charge in [-0.1, -0.05) is 49.7 Å². The molecule has 2 nitrogen and oxygen atoms in total. The molecule has 0 saturated carbocycles. The first-order chi connectivity index (χ1) is 10.2. The molecular weight excluding hydrogens is 260 g/mol.